The minimum absolute atomic E-state index is 0.137. The van der Waals surface area contributed by atoms with E-state index in [9.17, 15) is 14.7 Å². The largest absolute Gasteiger partial charge is 0.495 e. The van der Waals surface area contributed by atoms with Crippen LogP contribution in [0.2, 0.25) is 5.02 Å². The van der Waals surface area contributed by atoms with Gasteiger partial charge in [-0.15, -0.1) is 0 Å². The highest BCUT2D eigenvalue weighted by atomic mass is 35.5. The van der Waals surface area contributed by atoms with Gasteiger partial charge in [0.1, 0.15) is 5.75 Å². The van der Waals surface area contributed by atoms with Crippen LogP contribution >= 0.6 is 11.6 Å². The predicted molar refractivity (Wildman–Crippen MR) is 99.5 cm³/mol. The number of rotatable bonds is 5. The lowest BCUT2D eigenvalue weighted by Gasteiger charge is -2.32. The summed E-state index contributed by atoms with van der Waals surface area (Å²) in [5.74, 6) is -0.235. The monoisotopic (exact) mass is 380 g/mol. The number of aliphatic hydroxyl groups is 1. The van der Waals surface area contributed by atoms with Crippen molar-refractivity contribution in [2.75, 3.05) is 25.1 Å². The Kier molecular flexibility index (Phi) is 5.73. The molecule has 6 nitrogen and oxygen atoms in total. The molecular formula is C19H25ClN2O4. The minimum atomic E-state index is -0.813. The second kappa shape index (κ2) is 7.84. The third-order valence-corrected chi connectivity index (χ3v) is 5.54. The van der Waals surface area contributed by atoms with Crippen LogP contribution in [0.3, 0.4) is 0 Å². The Morgan fingerprint density at radius 2 is 2.12 bits per heavy atom. The fraction of sp³-hybridized carbons (Fsp3) is 0.579. The first-order chi connectivity index (χ1) is 12.4. The van der Waals surface area contributed by atoms with Crippen molar-refractivity contribution >= 4 is 29.1 Å². The number of nitrogens with one attached hydrogen (secondary N) is 1. The topological polar surface area (TPSA) is 78.9 Å². The minimum Gasteiger partial charge on any atom is -0.495 e. The second-order valence-electron chi connectivity index (χ2n) is 7.22. The van der Waals surface area contributed by atoms with Crippen LogP contribution in [-0.4, -0.2) is 42.7 Å². The number of hydrogen-bond donors (Lipinski definition) is 2. The Morgan fingerprint density at radius 1 is 1.38 bits per heavy atom. The first-order valence-electron chi connectivity index (χ1n) is 9.06. The average Bonchev–Trinajstić information content (AvgIpc) is 3.02. The van der Waals surface area contributed by atoms with Crippen molar-refractivity contribution in [1.29, 1.82) is 0 Å². The number of carbonyl (C=O) groups excluding carboxylic acids is 2. The number of anilines is 1. The summed E-state index contributed by atoms with van der Waals surface area (Å²) in [6.07, 6.45) is 4.66. The van der Waals surface area contributed by atoms with Gasteiger partial charge in [0, 0.05) is 24.5 Å². The molecule has 2 aliphatic rings. The SMILES string of the molecule is COc1ccc(Cl)cc1N1CC(C(=O)NCC2(O)CCCCC2)CC1=O. The molecule has 1 aromatic rings. The van der Waals surface area contributed by atoms with Gasteiger partial charge in [0.2, 0.25) is 11.8 Å². The van der Waals surface area contributed by atoms with Crippen LogP contribution in [0.25, 0.3) is 0 Å². The predicted octanol–water partition coefficient (Wildman–Crippen LogP) is 2.51. The number of hydrogen-bond acceptors (Lipinski definition) is 4. The van der Waals surface area contributed by atoms with Crippen molar-refractivity contribution in [3.63, 3.8) is 0 Å². The van der Waals surface area contributed by atoms with E-state index in [0.29, 0.717) is 29.3 Å². The number of nitrogens with zero attached hydrogens (tertiary/aromatic N) is 1. The van der Waals surface area contributed by atoms with Gasteiger partial charge in [-0.05, 0) is 31.0 Å². The van der Waals surface area contributed by atoms with Gasteiger partial charge in [-0.25, -0.2) is 0 Å². The molecule has 1 aliphatic carbocycles. The van der Waals surface area contributed by atoms with E-state index in [-0.39, 0.29) is 31.3 Å². The van der Waals surface area contributed by atoms with Crippen LogP contribution in [0.4, 0.5) is 5.69 Å². The smallest absolute Gasteiger partial charge is 0.227 e. The van der Waals surface area contributed by atoms with E-state index < -0.39 is 11.5 Å². The molecule has 142 valence electrons. The van der Waals surface area contributed by atoms with Crippen molar-refractivity contribution in [3.05, 3.63) is 23.2 Å². The van der Waals surface area contributed by atoms with E-state index in [1.54, 1.807) is 23.1 Å². The zero-order valence-corrected chi connectivity index (χ0v) is 15.7. The highest BCUT2D eigenvalue weighted by molar-refractivity contribution is 6.31. The van der Waals surface area contributed by atoms with E-state index in [0.717, 1.165) is 19.3 Å². The lowest BCUT2D eigenvalue weighted by Crippen LogP contribution is -2.46. The van der Waals surface area contributed by atoms with E-state index in [2.05, 4.69) is 5.32 Å². The zero-order valence-electron chi connectivity index (χ0n) is 15.0. The summed E-state index contributed by atoms with van der Waals surface area (Å²) in [6, 6.07) is 5.07. The summed E-state index contributed by atoms with van der Waals surface area (Å²) < 4.78 is 5.31. The maximum Gasteiger partial charge on any atom is 0.227 e. The molecular weight excluding hydrogens is 356 g/mol. The normalized spacial score (nSPS) is 22.3. The summed E-state index contributed by atoms with van der Waals surface area (Å²) in [4.78, 5) is 26.5. The van der Waals surface area contributed by atoms with Crippen LogP contribution < -0.4 is 15.0 Å². The van der Waals surface area contributed by atoms with Gasteiger partial charge < -0.3 is 20.1 Å². The van der Waals surface area contributed by atoms with Crippen LogP contribution in [0, 0.1) is 5.92 Å². The number of methoxy groups -OCH3 is 1. The molecule has 26 heavy (non-hydrogen) atoms. The lowest BCUT2D eigenvalue weighted by molar-refractivity contribution is -0.127. The quantitative estimate of drug-likeness (QED) is 0.822. The summed E-state index contributed by atoms with van der Waals surface area (Å²) in [7, 11) is 1.53. The first kappa shape index (κ1) is 19.0. The zero-order chi connectivity index (χ0) is 18.7. The molecule has 0 radical (unpaired) electrons. The van der Waals surface area contributed by atoms with Gasteiger partial charge in [0.25, 0.3) is 0 Å². The molecule has 0 spiro atoms. The molecule has 1 aromatic carbocycles. The van der Waals surface area contributed by atoms with Crippen molar-refractivity contribution in [3.8, 4) is 5.75 Å². The lowest BCUT2D eigenvalue weighted by atomic mass is 9.85. The number of ether oxygens (including phenoxy) is 1. The van der Waals surface area contributed by atoms with Gasteiger partial charge in [-0.2, -0.15) is 0 Å². The van der Waals surface area contributed by atoms with Crippen LogP contribution in [0.5, 0.6) is 5.75 Å². The van der Waals surface area contributed by atoms with Crippen molar-refractivity contribution in [1.82, 2.24) is 5.32 Å². The van der Waals surface area contributed by atoms with Gasteiger partial charge in [-0.3, -0.25) is 9.59 Å². The van der Waals surface area contributed by atoms with E-state index in [1.165, 1.54) is 7.11 Å². The Balaban J connectivity index is 1.64. The molecule has 2 fully saturated rings. The number of benzene rings is 1. The molecule has 7 heteroatoms. The molecule has 1 saturated carbocycles. The molecule has 3 rings (SSSR count). The van der Waals surface area contributed by atoms with Gasteiger partial charge in [-0.1, -0.05) is 30.9 Å². The third-order valence-electron chi connectivity index (χ3n) is 5.30. The summed E-state index contributed by atoms with van der Waals surface area (Å²) in [5.41, 5.74) is -0.238. The fourth-order valence-electron chi connectivity index (χ4n) is 3.77. The maximum atomic E-state index is 12.5. The molecule has 0 aromatic heterocycles. The number of amides is 2. The molecule has 1 aliphatic heterocycles. The number of carbonyl (C=O) groups is 2. The maximum absolute atomic E-state index is 12.5. The molecule has 2 amide bonds. The highest BCUT2D eigenvalue weighted by Crippen LogP contribution is 2.35. The second-order valence-corrected chi connectivity index (χ2v) is 7.66. The molecule has 1 heterocycles. The summed E-state index contributed by atoms with van der Waals surface area (Å²) >= 11 is 6.05. The van der Waals surface area contributed by atoms with Gasteiger partial charge in [0.15, 0.2) is 0 Å². The Morgan fingerprint density at radius 3 is 2.81 bits per heavy atom. The Bertz CT molecular complexity index is 688. The highest BCUT2D eigenvalue weighted by Gasteiger charge is 2.37. The standard InChI is InChI=1S/C19H25ClN2O4/c1-26-16-6-5-14(20)10-15(16)22-11-13(9-17(22)23)18(24)21-12-19(25)7-3-2-4-8-19/h5-6,10,13,25H,2-4,7-9,11-12H2,1H3,(H,21,24). The van der Waals surface area contributed by atoms with Gasteiger partial charge >= 0.3 is 0 Å². The first-order valence-corrected chi connectivity index (χ1v) is 9.44. The Labute approximate surface area is 158 Å². The molecule has 1 unspecified atom stereocenters. The van der Waals surface area contributed by atoms with Crippen LogP contribution in [0.1, 0.15) is 38.5 Å². The van der Waals surface area contributed by atoms with Crippen LogP contribution in [0.15, 0.2) is 18.2 Å². The van der Waals surface area contributed by atoms with E-state index >= 15 is 0 Å². The molecule has 1 atom stereocenters. The van der Waals surface area contributed by atoms with Gasteiger partial charge in [0.05, 0.1) is 24.3 Å². The van der Waals surface area contributed by atoms with E-state index in [4.69, 9.17) is 16.3 Å². The van der Waals surface area contributed by atoms with Crippen molar-refractivity contribution in [2.45, 2.75) is 44.1 Å². The summed E-state index contributed by atoms with van der Waals surface area (Å²) in [6.45, 7) is 0.525. The van der Waals surface area contributed by atoms with Crippen LogP contribution in [-0.2, 0) is 9.59 Å². The molecule has 0 bridgehead atoms. The molecule has 2 N–H and O–H groups in total. The number of halogens is 1. The molecule has 1 saturated heterocycles. The third kappa shape index (κ3) is 4.13. The van der Waals surface area contributed by atoms with Crippen molar-refractivity contribution in [2.24, 2.45) is 5.92 Å². The summed E-state index contributed by atoms with van der Waals surface area (Å²) in [5, 5.41) is 13.9. The van der Waals surface area contributed by atoms with Crippen molar-refractivity contribution < 1.29 is 19.4 Å². The Hall–Kier alpha value is -1.79. The fourth-order valence-corrected chi connectivity index (χ4v) is 3.94. The average molecular weight is 381 g/mol. The van der Waals surface area contributed by atoms with E-state index in [1.807, 2.05) is 0 Å².